The minimum Gasteiger partial charge on any atom is -0.293 e. The van der Waals surface area contributed by atoms with Gasteiger partial charge in [-0.05, 0) is 6.42 Å². The third-order valence-corrected chi connectivity index (χ3v) is 4.12. The molecule has 5 heteroatoms. The number of amides is 2. The monoisotopic (exact) mass is 271 g/mol. The minimum atomic E-state index is -0.963. The number of likely N-dealkylation sites (tertiary alicyclic amines) is 1. The van der Waals surface area contributed by atoms with Gasteiger partial charge in [0.15, 0.2) is 11.6 Å². The predicted molar refractivity (Wildman–Crippen MR) is 69.1 cm³/mol. The van der Waals surface area contributed by atoms with Crippen LogP contribution in [-0.2, 0) is 9.59 Å². The number of fused-ring (bicyclic) bond motifs is 1. The summed E-state index contributed by atoms with van der Waals surface area (Å²) in [4.78, 5) is 49.4. The van der Waals surface area contributed by atoms with Crippen LogP contribution in [0.5, 0.6) is 0 Å². The summed E-state index contributed by atoms with van der Waals surface area (Å²) in [6.45, 7) is 0. The first kappa shape index (κ1) is 12.7. The van der Waals surface area contributed by atoms with Crippen LogP contribution in [0.1, 0.15) is 33.6 Å². The number of rotatable bonds is 1. The Morgan fingerprint density at radius 1 is 1.00 bits per heavy atom. The number of Topliss-reactive ketones (excluding diaryl/α,β-unsaturated/α-hetero) is 2. The van der Waals surface area contributed by atoms with Gasteiger partial charge in [-0.25, -0.2) is 0 Å². The lowest BCUT2D eigenvalue weighted by molar-refractivity contribution is -0.150. The molecule has 0 bridgehead atoms. The van der Waals surface area contributed by atoms with E-state index in [-0.39, 0.29) is 30.3 Å². The lowest BCUT2D eigenvalue weighted by Gasteiger charge is -2.29. The van der Waals surface area contributed by atoms with E-state index in [2.05, 4.69) is 0 Å². The number of piperidine rings is 1. The zero-order valence-electron chi connectivity index (χ0n) is 11.0. The smallest absolute Gasteiger partial charge is 0.233 e. The maximum absolute atomic E-state index is 12.4. The Balaban J connectivity index is 1.97. The van der Waals surface area contributed by atoms with Crippen molar-refractivity contribution in [3.8, 4) is 0 Å². The molecule has 2 aliphatic rings. The van der Waals surface area contributed by atoms with Gasteiger partial charge in [0.2, 0.25) is 11.8 Å². The van der Waals surface area contributed by atoms with Crippen molar-refractivity contribution in [1.29, 1.82) is 0 Å². The summed E-state index contributed by atoms with van der Waals surface area (Å²) in [5.41, 5.74) is 0.768. The molecule has 2 amide bonds. The average Bonchev–Trinajstić information content (AvgIpc) is 2.70. The number of benzene rings is 1. The van der Waals surface area contributed by atoms with E-state index < -0.39 is 17.7 Å². The highest BCUT2D eigenvalue weighted by molar-refractivity contribution is 6.28. The van der Waals surface area contributed by atoms with E-state index in [1.807, 2.05) is 0 Å². The van der Waals surface area contributed by atoms with Gasteiger partial charge in [-0.3, -0.25) is 24.1 Å². The van der Waals surface area contributed by atoms with Crippen LogP contribution in [0.4, 0.5) is 0 Å². The minimum absolute atomic E-state index is 0.195. The van der Waals surface area contributed by atoms with Crippen LogP contribution in [0.3, 0.4) is 0 Å². The van der Waals surface area contributed by atoms with Crippen molar-refractivity contribution >= 4 is 23.4 Å². The summed E-state index contributed by atoms with van der Waals surface area (Å²) < 4.78 is 0. The van der Waals surface area contributed by atoms with Crippen LogP contribution in [0.2, 0.25) is 0 Å². The lowest BCUT2D eigenvalue weighted by Crippen LogP contribution is -2.47. The summed E-state index contributed by atoms with van der Waals surface area (Å²) >= 11 is 0. The van der Waals surface area contributed by atoms with Gasteiger partial charge in [-0.15, -0.1) is 0 Å². The van der Waals surface area contributed by atoms with Gasteiger partial charge in [0.1, 0.15) is 0 Å². The molecule has 0 spiro atoms. The number of nitrogens with zero attached hydrogens (tertiary/aromatic N) is 1. The Morgan fingerprint density at radius 2 is 1.55 bits per heavy atom. The number of hydrogen-bond acceptors (Lipinski definition) is 4. The van der Waals surface area contributed by atoms with Crippen LogP contribution in [-0.4, -0.2) is 35.3 Å². The molecule has 1 aliphatic carbocycles. The maximum Gasteiger partial charge on any atom is 0.233 e. The zero-order chi connectivity index (χ0) is 14.4. The molecular formula is C15H13NO4. The summed E-state index contributed by atoms with van der Waals surface area (Å²) in [7, 11) is 1.40. The molecule has 0 N–H and O–H groups in total. The Hall–Kier alpha value is -2.30. The number of carbonyl (C=O) groups excluding carboxylic acids is 4. The standard InChI is InChI=1S/C15H13NO4/c1-16-11(17)7-6-10(15(16)20)12-13(18)8-4-2-3-5-9(8)14(12)19/h2-5,10,12H,6-7H2,1H3. The molecule has 0 radical (unpaired) electrons. The molecule has 1 atom stereocenters. The Morgan fingerprint density at radius 3 is 2.10 bits per heavy atom. The average molecular weight is 271 g/mol. The first-order chi connectivity index (χ1) is 9.52. The molecule has 0 aromatic heterocycles. The second-order valence-corrected chi connectivity index (χ2v) is 5.19. The maximum atomic E-state index is 12.4. The largest absolute Gasteiger partial charge is 0.293 e. The van der Waals surface area contributed by atoms with Gasteiger partial charge in [-0.2, -0.15) is 0 Å². The second kappa shape index (κ2) is 4.37. The van der Waals surface area contributed by atoms with Crippen LogP contribution >= 0.6 is 0 Å². The van der Waals surface area contributed by atoms with Crippen LogP contribution < -0.4 is 0 Å². The van der Waals surface area contributed by atoms with Crippen molar-refractivity contribution in [3.05, 3.63) is 35.4 Å². The molecule has 3 rings (SSSR count). The molecule has 102 valence electrons. The predicted octanol–water partition coefficient (Wildman–Crippen LogP) is 1.08. The SMILES string of the molecule is CN1C(=O)CCC(C2C(=O)c3ccccc3C2=O)C1=O. The van der Waals surface area contributed by atoms with Crippen molar-refractivity contribution in [2.45, 2.75) is 12.8 Å². The fourth-order valence-corrected chi connectivity index (χ4v) is 2.98. The summed E-state index contributed by atoms with van der Waals surface area (Å²) in [5.74, 6) is -2.97. The highest BCUT2D eigenvalue weighted by atomic mass is 16.2. The van der Waals surface area contributed by atoms with E-state index in [1.165, 1.54) is 7.05 Å². The van der Waals surface area contributed by atoms with Crippen molar-refractivity contribution in [2.24, 2.45) is 11.8 Å². The second-order valence-electron chi connectivity index (χ2n) is 5.19. The third kappa shape index (κ3) is 1.62. The zero-order valence-corrected chi connectivity index (χ0v) is 11.0. The van der Waals surface area contributed by atoms with E-state index in [1.54, 1.807) is 24.3 Å². The van der Waals surface area contributed by atoms with E-state index in [9.17, 15) is 19.2 Å². The normalized spacial score (nSPS) is 23.4. The van der Waals surface area contributed by atoms with Crippen LogP contribution in [0, 0.1) is 11.8 Å². The quantitative estimate of drug-likeness (QED) is 0.566. The molecule has 1 heterocycles. The first-order valence-corrected chi connectivity index (χ1v) is 6.50. The van der Waals surface area contributed by atoms with E-state index in [4.69, 9.17) is 0 Å². The molecule has 1 unspecified atom stereocenters. The van der Waals surface area contributed by atoms with Crippen molar-refractivity contribution in [2.75, 3.05) is 7.05 Å². The summed E-state index contributed by atoms with van der Waals surface area (Å²) in [6, 6.07) is 6.62. The molecule has 1 aromatic carbocycles. The Kier molecular flexibility index (Phi) is 2.78. The molecule has 0 saturated carbocycles. The number of carbonyl (C=O) groups is 4. The fourth-order valence-electron chi connectivity index (χ4n) is 2.98. The number of ketones is 2. The summed E-state index contributed by atoms with van der Waals surface area (Å²) in [5, 5.41) is 0. The van der Waals surface area contributed by atoms with Gasteiger partial charge < -0.3 is 0 Å². The molecule has 1 saturated heterocycles. The highest BCUT2D eigenvalue weighted by Crippen LogP contribution is 2.36. The molecular weight excluding hydrogens is 258 g/mol. The molecule has 20 heavy (non-hydrogen) atoms. The molecule has 1 aliphatic heterocycles. The van der Waals surface area contributed by atoms with E-state index in [0.717, 1.165) is 4.90 Å². The van der Waals surface area contributed by atoms with Crippen molar-refractivity contribution in [1.82, 2.24) is 4.90 Å². The highest BCUT2D eigenvalue weighted by Gasteiger charge is 2.48. The summed E-state index contributed by atoms with van der Waals surface area (Å²) in [6.07, 6.45) is 0.457. The Bertz CT molecular complexity index is 614. The van der Waals surface area contributed by atoms with Crippen LogP contribution in [0.15, 0.2) is 24.3 Å². The lowest BCUT2D eigenvalue weighted by atomic mass is 9.81. The first-order valence-electron chi connectivity index (χ1n) is 6.50. The van der Waals surface area contributed by atoms with Crippen molar-refractivity contribution < 1.29 is 19.2 Å². The number of hydrogen-bond donors (Lipinski definition) is 0. The Labute approximate surface area is 115 Å². The van der Waals surface area contributed by atoms with Gasteiger partial charge in [-0.1, -0.05) is 24.3 Å². The molecule has 1 aromatic rings. The van der Waals surface area contributed by atoms with Gasteiger partial charge in [0, 0.05) is 24.6 Å². The van der Waals surface area contributed by atoms with Gasteiger partial charge in [0.25, 0.3) is 0 Å². The van der Waals surface area contributed by atoms with Crippen LogP contribution in [0.25, 0.3) is 0 Å². The topological polar surface area (TPSA) is 71.5 Å². The van der Waals surface area contributed by atoms with E-state index >= 15 is 0 Å². The molecule has 1 fully saturated rings. The number of imide groups is 1. The van der Waals surface area contributed by atoms with Gasteiger partial charge >= 0.3 is 0 Å². The van der Waals surface area contributed by atoms with Crippen molar-refractivity contribution in [3.63, 3.8) is 0 Å². The molecule has 5 nitrogen and oxygen atoms in total. The van der Waals surface area contributed by atoms with E-state index in [0.29, 0.717) is 11.1 Å². The van der Waals surface area contributed by atoms with Gasteiger partial charge in [0.05, 0.1) is 11.8 Å². The fraction of sp³-hybridized carbons (Fsp3) is 0.333. The third-order valence-electron chi connectivity index (χ3n) is 4.12.